The number of imidazole rings is 1. The third kappa shape index (κ3) is 14.7. The molecule has 1 radical (unpaired) electrons. The molecule has 1 aromatic carbocycles. The molecule has 14 atom stereocenters. The van der Waals surface area contributed by atoms with E-state index in [1.54, 1.807) is 13.8 Å². The number of aromatic nitrogens is 2. The number of phosphoric acid groups is 1. The molecule has 6 aliphatic heterocycles. The van der Waals surface area contributed by atoms with Crippen LogP contribution in [-0.2, 0) is 68.7 Å². The molecule has 7 heterocycles. The number of fused-ring (bicyclic) bond motifs is 6. The molecule has 8 bridgehead atoms. The van der Waals surface area contributed by atoms with E-state index in [1.165, 1.54) is 24.7 Å². The molecule has 2 aromatic rings. The van der Waals surface area contributed by atoms with Crippen LogP contribution in [0.3, 0.4) is 0 Å². The van der Waals surface area contributed by atoms with Crippen LogP contribution in [0, 0.1) is 71.0 Å². The number of hydrogen-bond donors (Lipinski definition) is 8. The molecule has 507 valence electrons. The van der Waals surface area contributed by atoms with E-state index < -0.39 is 131 Å². The molecule has 29 heteroatoms. The number of aliphatic hydroxyl groups excluding tert-OH is 2. The number of hydrogen-bond acceptors (Lipinski definition) is 20. The molecule has 27 nitrogen and oxygen atoms in total. The predicted octanol–water partition coefficient (Wildman–Crippen LogP) is 4.21. The summed E-state index contributed by atoms with van der Waals surface area (Å²) in [7, 11) is -5.32. The average molecular weight is 1350 g/mol. The van der Waals surface area contributed by atoms with Gasteiger partial charge < -0.3 is 84.1 Å². The summed E-state index contributed by atoms with van der Waals surface area (Å²) >= 11 is 0. The van der Waals surface area contributed by atoms with Gasteiger partial charge >= 0.3 is 16.8 Å². The molecule has 0 saturated carbocycles. The number of phosphoric ester groups is 1. The summed E-state index contributed by atoms with van der Waals surface area (Å²) in [5.74, 6) is -6.87. The molecule has 0 spiro atoms. The molecule has 13 N–H and O–H groups in total. The summed E-state index contributed by atoms with van der Waals surface area (Å²) in [5, 5.41) is 30.7. The molecule has 93 heavy (non-hydrogen) atoms. The largest absolute Gasteiger partial charge is 2.00 e. The second-order valence-electron chi connectivity index (χ2n) is 27.0. The number of amides is 6. The Morgan fingerprint density at radius 2 is 1.37 bits per heavy atom. The Balaban J connectivity index is 0.00000453. The first-order valence-electron chi connectivity index (χ1n) is 30.8. The second kappa shape index (κ2) is 28.6. The van der Waals surface area contributed by atoms with Crippen molar-refractivity contribution in [3.05, 3.63) is 70.5 Å². The molecule has 6 aliphatic rings. The number of aliphatic imine (C=N–C) groups is 4. The number of Topliss-reactive ketones (excluding diaryl/α,β-unsaturated/α-hetero) is 1. The SMILES string of the molecule is CC(=O)CCC1C2=NC(=C(C)C3=NC(C)(C4=NC(=C(C)C5=NC(=C2)C(C)(C)C5CCC(N)=O)C(C)(CCC(=O)NCC(C)OP(=O)([O-])OC2C(O)[C@@H](n5cnc6cc(C)c(C)cc65)O[C@@H]2CO)C4CC(N)=O)C(C)(CC(N)=O)C3CCC(N)=O)C1(C)CC(N)=O.[C-]#N.[Co+2]. The van der Waals surface area contributed by atoms with E-state index in [4.69, 9.17) is 74.3 Å². The summed E-state index contributed by atoms with van der Waals surface area (Å²) in [5.41, 5.74) is 31.3. The molecular formula is C64H88CoN13O14P. The smallest absolute Gasteiger partial charge is 0.756 e. The van der Waals surface area contributed by atoms with E-state index in [0.717, 1.165) is 11.1 Å². The number of rotatable bonds is 26. The Morgan fingerprint density at radius 3 is 1.95 bits per heavy atom. The molecule has 8 rings (SSSR count). The van der Waals surface area contributed by atoms with E-state index in [2.05, 4.69) is 10.3 Å². The van der Waals surface area contributed by atoms with Crippen molar-refractivity contribution in [2.45, 2.75) is 190 Å². The van der Waals surface area contributed by atoms with Crippen molar-refractivity contribution in [2.24, 2.45) is 94.0 Å². The fourth-order valence-corrected chi connectivity index (χ4v) is 16.2. The van der Waals surface area contributed by atoms with Crippen LogP contribution in [0.25, 0.3) is 11.0 Å². The monoisotopic (exact) mass is 1350 g/mol. The van der Waals surface area contributed by atoms with Gasteiger partial charge in [0.1, 0.15) is 29.6 Å². The van der Waals surface area contributed by atoms with Gasteiger partial charge in [0, 0.05) is 120 Å². The maximum atomic E-state index is 14.4. The minimum absolute atomic E-state index is 0. The maximum absolute atomic E-state index is 14.4. The van der Waals surface area contributed by atoms with E-state index in [-0.39, 0.29) is 99.7 Å². The van der Waals surface area contributed by atoms with E-state index >= 15 is 0 Å². The van der Waals surface area contributed by atoms with Crippen molar-refractivity contribution < 1.29 is 83.8 Å². The Kier molecular flexibility index (Phi) is 23.1. The molecule has 0 aliphatic carbocycles. The van der Waals surface area contributed by atoms with Crippen LogP contribution in [0.2, 0.25) is 0 Å². The van der Waals surface area contributed by atoms with Crippen LogP contribution >= 0.6 is 7.82 Å². The Hall–Kier alpha value is -6.93. The first kappa shape index (κ1) is 75.1. The van der Waals surface area contributed by atoms with Crippen molar-refractivity contribution in [2.75, 3.05) is 13.2 Å². The molecule has 1 aromatic heterocycles. The van der Waals surface area contributed by atoms with Gasteiger partial charge in [0.2, 0.25) is 35.4 Å². The second-order valence-corrected chi connectivity index (χ2v) is 28.3. The van der Waals surface area contributed by atoms with Crippen LogP contribution in [0.4, 0.5) is 0 Å². The number of primary amides is 5. The average Bonchev–Trinajstić information content (AvgIpc) is 1.53. The van der Waals surface area contributed by atoms with Gasteiger partial charge in [0.15, 0.2) is 6.23 Å². The van der Waals surface area contributed by atoms with Gasteiger partial charge in [-0.15, -0.1) is 0 Å². The number of carbonyl (C=O) groups excluding carboxylic acids is 7. The number of benzene rings is 1. The minimum Gasteiger partial charge on any atom is -0.756 e. The van der Waals surface area contributed by atoms with Crippen LogP contribution in [-0.4, -0.2) is 127 Å². The van der Waals surface area contributed by atoms with E-state index in [9.17, 15) is 53.2 Å². The summed E-state index contributed by atoms with van der Waals surface area (Å²) in [6, 6.07) is 3.72. The van der Waals surface area contributed by atoms with Gasteiger partial charge in [-0.2, -0.15) is 0 Å². The first-order chi connectivity index (χ1) is 42.8. The fraction of sp³-hybridized carbons (Fsp3) is 0.609. The van der Waals surface area contributed by atoms with Gasteiger partial charge in [-0.3, -0.25) is 53.3 Å². The van der Waals surface area contributed by atoms with Gasteiger partial charge in [-0.1, -0.05) is 34.6 Å². The third-order valence-corrected chi connectivity index (χ3v) is 21.4. The van der Waals surface area contributed by atoms with Crippen molar-refractivity contribution >= 4 is 82.9 Å². The van der Waals surface area contributed by atoms with E-state index in [1.807, 2.05) is 73.6 Å². The maximum Gasteiger partial charge on any atom is 2.00 e. The zero-order valence-corrected chi connectivity index (χ0v) is 56.7. The van der Waals surface area contributed by atoms with Crippen LogP contribution < -0.4 is 38.9 Å². The van der Waals surface area contributed by atoms with Crippen molar-refractivity contribution in [1.29, 1.82) is 5.26 Å². The number of aryl methyl sites for hydroxylation is 2. The Morgan fingerprint density at radius 1 is 0.785 bits per heavy atom. The number of nitrogens with two attached hydrogens (primary N) is 5. The molecule has 6 amide bonds. The fourth-order valence-electron chi connectivity index (χ4n) is 15.1. The molecular weight excluding hydrogens is 1260 g/mol. The van der Waals surface area contributed by atoms with Crippen molar-refractivity contribution in [3.8, 4) is 0 Å². The number of nitrogens with one attached hydrogen (secondary N) is 1. The van der Waals surface area contributed by atoms with Gasteiger partial charge in [0.05, 0.1) is 47.2 Å². The Labute approximate surface area is 551 Å². The number of allylic oxidation sites excluding steroid dienone is 6. The van der Waals surface area contributed by atoms with Crippen molar-refractivity contribution in [1.82, 2.24) is 14.9 Å². The van der Waals surface area contributed by atoms with Gasteiger partial charge in [-0.05, 0) is 115 Å². The summed E-state index contributed by atoms with van der Waals surface area (Å²) in [4.78, 5) is 134. The summed E-state index contributed by atoms with van der Waals surface area (Å²) in [6.45, 7) is 25.2. The van der Waals surface area contributed by atoms with E-state index in [0.29, 0.717) is 62.1 Å². The molecule has 1 saturated heterocycles. The van der Waals surface area contributed by atoms with Crippen LogP contribution in [0.5, 0.6) is 0 Å². The minimum atomic E-state index is -5.32. The number of carbonyl (C=O) groups is 7. The van der Waals surface area contributed by atoms with Crippen LogP contribution in [0.1, 0.15) is 157 Å². The quantitative estimate of drug-likeness (QED) is 0.0483. The van der Waals surface area contributed by atoms with Crippen molar-refractivity contribution in [3.63, 3.8) is 0 Å². The zero-order valence-electron chi connectivity index (χ0n) is 54.8. The third-order valence-electron chi connectivity index (χ3n) is 20.3. The standard InChI is InChI=1S/C63H89N12O14P.CN.Co/c1-30-21-41-42(22-31(30)2)75(29-70-41)58-53(84)54(43(28-76)87-58)89-90(85,86)88-33(4)27-69-50(83)19-20-60(9)39(23-47(66)80)57-63(12)62(11,26-49(68)82)38(16-18-46(65)79)52(74-63)35(6)56-61(10,25-48(67)81)36(14-13-32(3)77)40(71-56)24-44-59(7,8)37(15-17-45(64)78)51(72-44)34(5)55(60)73-57;1-2;/h21-22,24,29,33,36-39,43,53-54,58,76,84H,13-20,23,25-28H2,1-12H3,(H2,64,78)(H2,65,79)(H2,66,80)(H2,67,81)(H2,68,82)(H,69,83)(H,85,86);;/q;-1;+2/p-1/t33?,36?,37?,38?,39?,43-,53?,54?,58+,60?,61?,62?,63?;;/m1../s1. The van der Waals surface area contributed by atoms with Gasteiger partial charge in [0.25, 0.3) is 7.82 Å². The number of nitrogens with zero attached hydrogens (tertiary/aromatic N) is 7. The number of ketones is 1. The van der Waals surface area contributed by atoms with Gasteiger partial charge in [-0.25, -0.2) is 4.98 Å². The topological polar surface area (TPSA) is 461 Å². The summed E-state index contributed by atoms with van der Waals surface area (Å²) in [6.07, 6.45) is -4.39. The predicted molar refractivity (Wildman–Crippen MR) is 338 cm³/mol. The number of ether oxygens (including phenoxy) is 1. The summed E-state index contributed by atoms with van der Waals surface area (Å²) < 4.78 is 31.9. The van der Waals surface area contributed by atoms with Crippen LogP contribution in [0.15, 0.2) is 72.7 Å². The number of aliphatic hydroxyl groups is 2. The molecule has 12 unspecified atom stereocenters. The molecule has 1 fully saturated rings. The Bertz CT molecular complexity index is 3660. The zero-order chi connectivity index (χ0) is 68.7. The first-order valence-corrected chi connectivity index (χ1v) is 32.3. The normalized spacial score (nSPS) is 30.3.